The zero-order valence-electron chi connectivity index (χ0n) is 23.4. The predicted octanol–water partition coefficient (Wildman–Crippen LogP) is 6.30. The first-order valence-corrected chi connectivity index (χ1v) is 14.5. The van der Waals surface area contributed by atoms with Crippen molar-refractivity contribution in [3.8, 4) is 11.6 Å². The molecule has 6 rings (SSSR count). The van der Waals surface area contributed by atoms with Gasteiger partial charge in [-0.2, -0.15) is 0 Å². The second-order valence-electron chi connectivity index (χ2n) is 11.1. The second kappa shape index (κ2) is 10.9. The third-order valence-electron chi connectivity index (χ3n) is 6.81. The molecule has 1 atom stereocenters. The third kappa shape index (κ3) is 5.57. The van der Waals surface area contributed by atoms with Crippen LogP contribution in [-0.2, 0) is 4.74 Å². The average Bonchev–Trinajstić information content (AvgIpc) is 3.33. The van der Waals surface area contributed by atoms with Gasteiger partial charge in [0, 0.05) is 31.4 Å². The molecule has 3 aromatic heterocycles. The van der Waals surface area contributed by atoms with E-state index in [4.69, 9.17) is 9.47 Å². The SMILES string of the molecule is CC(C)(C)OC(=O)N1CCC[C@@H](NC(=O)c2sc3nccc4c3c2NC(=O)N4c2ccc(Oc3ccccc3)nc2)C1. The van der Waals surface area contributed by atoms with Gasteiger partial charge < -0.3 is 25.0 Å². The topological polar surface area (TPSA) is 126 Å². The number of rotatable bonds is 5. The summed E-state index contributed by atoms with van der Waals surface area (Å²) in [5.41, 5.74) is 0.959. The second-order valence-corrected chi connectivity index (χ2v) is 12.1. The van der Waals surface area contributed by atoms with Crippen molar-refractivity contribution in [3.05, 3.63) is 65.8 Å². The van der Waals surface area contributed by atoms with E-state index in [9.17, 15) is 14.4 Å². The number of nitrogens with zero attached hydrogens (tertiary/aromatic N) is 4. The Morgan fingerprint density at radius 2 is 1.90 bits per heavy atom. The van der Waals surface area contributed by atoms with Gasteiger partial charge in [0.25, 0.3) is 5.91 Å². The summed E-state index contributed by atoms with van der Waals surface area (Å²) in [4.78, 5) is 52.5. The summed E-state index contributed by atoms with van der Waals surface area (Å²) < 4.78 is 11.3. The van der Waals surface area contributed by atoms with Crippen LogP contribution in [0.25, 0.3) is 10.2 Å². The molecule has 0 saturated carbocycles. The lowest BCUT2D eigenvalue weighted by molar-refractivity contribution is 0.0185. The van der Waals surface area contributed by atoms with Crippen LogP contribution in [0, 0.1) is 0 Å². The maximum Gasteiger partial charge on any atom is 0.410 e. The Morgan fingerprint density at radius 3 is 2.64 bits per heavy atom. The van der Waals surface area contributed by atoms with E-state index in [0.717, 1.165) is 12.8 Å². The molecule has 5 heterocycles. The molecule has 1 fully saturated rings. The molecular weight excluding hydrogens is 556 g/mol. The molecule has 216 valence electrons. The van der Waals surface area contributed by atoms with Crippen molar-refractivity contribution >= 4 is 56.6 Å². The fourth-order valence-corrected chi connectivity index (χ4v) is 6.04. The lowest BCUT2D eigenvalue weighted by Crippen LogP contribution is -2.50. The maximum atomic E-state index is 13.5. The highest BCUT2D eigenvalue weighted by molar-refractivity contribution is 7.21. The molecule has 0 spiro atoms. The van der Waals surface area contributed by atoms with Gasteiger partial charge in [0.15, 0.2) is 0 Å². The van der Waals surface area contributed by atoms with Gasteiger partial charge in [0.1, 0.15) is 21.1 Å². The lowest BCUT2D eigenvalue weighted by Gasteiger charge is -2.34. The molecular formula is C30H30N6O5S. The van der Waals surface area contributed by atoms with Crippen LogP contribution in [0.5, 0.6) is 11.6 Å². The lowest BCUT2D eigenvalue weighted by atomic mass is 10.1. The first-order chi connectivity index (χ1) is 20.2. The van der Waals surface area contributed by atoms with E-state index in [2.05, 4.69) is 20.6 Å². The molecule has 0 radical (unpaired) electrons. The van der Waals surface area contributed by atoms with Crippen LogP contribution in [0.3, 0.4) is 0 Å². The summed E-state index contributed by atoms with van der Waals surface area (Å²) in [5.74, 6) is 0.724. The molecule has 0 unspecified atom stereocenters. The number of thiophene rings is 1. The van der Waals surface area contributed by atoms with Crippen molar-refractivity contribution in [2.45, 2.75) is 45.3 Å². The van der Waals surface area contributed by atoms with Crippen molar-refractivity contribution < 1.29 is 23.9 Å². The molecule has 11 nitrogen and oxygen atoms in total. The van der Waals surface area contributed by atoms with Gasteiger partial charge in [-0.3, -0.25) is 9.69 Å². The highest BCUT2D eigenvalue weighted by atomic mass is 32.1. The van der Waals surface area contributed by atoms with Gasteiger partial charge in [0.2, 0.25) is 5.88 Å². The number of benzene rings is 1. The van der Waals surface area contributed by atoms with Crippen LogP contribution in [0.1, 0.15) is 43.3 Å². The van der Waals surface area contributed by atoms with Crippen molar-refractivity contribution in [1.82, 2.24) is 20.2 Å². The third-order valence-corrected chi connectivity index (χ3v) is 7.90. The van der Waals surface area contributed by atoms with E-state index in [0.29, 0.717) is 56.9 Å². The molecule has 12 heteroatoms. The van der Waals surface area contributed by atoms with Crippen molar-refractivity contribution in [2.24, 2.45) is 0 Å². The highest BCUT2D eigenvalue weighted by Crippen LogP contribution is 2.45. The number of nitrogens with one attached hydrogen (secondary N) is 2. The van der Waals surface area contributed by atoms with Gasteiger partial charge in [-0.1, -0.05) is 18.2 Å². The fraction of sp³-hybridized carbons (Fsp3) is 0.300. The summed E-state index contributed by atoms with van der Waals surface area (Å²) in [6.45, 7) is 6.39. The number of urea groups is 1. The van der Waals surface area contributed by atoms with Crippen LogP contribution in [0.2, 0.25) is 0 Å². The first kappa shape index (κ1) is 27.5. The zero-order valence-corrected chi connectivity index (χ0v) is 24.2. The van der Waals surface area contributed by atoms with Crippen LogP contribution in [-0.4, -0.2) is 57.6 Å². The van der Waals surface area contributed by atoms with Crippen LogP contribution < -0.4 is 20.3 Å². The number of carbonyl (C=O) groups is 3. The van der Waals surface area contributed by atoms with Gasteiger partial charge >= 0.3 is 12.1 Å². The monoisotopic (exact) mass is 586 g/mol. The van der Waals surface area contributed by atoms with E-state index in [-0.39, 0.29) is 11.9 Å². The molecule has 2 aliphatic heterocycles. The van der Waals surface area contributed by atoms with Gasteiger partial charge in [-0.25, -0.2) is 19.6 Å². The minimum absolute atomic E-state index is 0.248. The minimum atomic E-state index is -0.599. The highest BCUT2D eigenvalue weighted by Gasteiger charge is 2.34. The Kier molecular flexibility index (Phi) is 7.15. The van der Waals surface area contributed by atoms with Gasteiger partial charge in [-0.05, 0) is 57.9 Å². The number of pyridine rings is 2. The number of hydrogen-bond donors (Lipinski definition) is 2. The van der Waals surface area contributed by atoms with Crippen LogP contribution >= 0.6 is 11.3 Å². The molecule has 42 heavy (non-hydrogen) atoms. The smallest absolute Gasteiger partial charge is 0.410 e. The van der Waals surface area contributed by atoms with Crippen molar-refractivity contribution in [3.63, 3.8) is 0 Å². The number of aromatic nitrogens is 2. The summed E-state index contributed by atoms with van der Waals surface area (Å²) in [6.07, 6.45) is 4.25. The number of amides is 4. The standard InChI is InChI=1S/C30H30N6O5S/c1-30(2,3)41-29(39)35-15-7-8-18(17-35)33-26(37)25-24-23-21(13-14-31-27(23)42-25)36(28(38)34-24)19-11-12-22(32-16-19)40-20-9-5-4-6-10-20/h4-6,9-14,16,18H,7-8,15,17H2,1-3H3,(H,33,37)(H,34,38)/t18-/m1/s1. The number of carbonyl (C=O) groups excluding carboxylic acids is 3. The van der Waals surface area contributed by atoms with Crippen molar-refractivity contribution in [1.29, 1.82) is 0 Å². The largest absolute Gasteiger partial charge is 0.444 e. The average molecular weight is 587 g/mol. The zero-order chi connectivity index (χ0) is 29.4. The molecule has 2 aliphatic rings. The van der Waals surface area contributed by atoms with Crippen molar-refractivity contribution in [2.75, 3.05) is 23.3 Å². The van der Waals surface area contributed by atoms with E-state index < -0.39 is 17.7 Å². The van der Waals surface area contributed by atoms with E-state index in [1.807, 2.05) is 51.1 Å². The number of ether oxygens (including phenoxy) is 2. The fourth-order valence-electron chi connectivity index (χ4n) is 5.01. The molecule has 4 aromatic rings. The Bertz CT molecular complexity index is 1650. The summed E-state index contributed by atoms with van der Waals surface area (Å²) >= 11 is 1.21. The normalized spacial score (nSPS) is 16.6. The number of para-hydroxylation sites is 1. The van der Waals surface area contributed by atoms with E-state index in [1.165, 1.54) is 16.2 Å². The Hall–Kier alpha value is -4.71. The number of likely N-dealkylation sites (tertiary alicyclic amines) is 1. The molecule has 0 aliphatic carbocycles. The summed E-state index contributed by atoms with van der Waals surface area (Å²) in [6, 6.07) is 13.8. The number of piperidine rings is 1. The van der Waals surface area contributed by atoms with E-state index >= 15 is 0 Å². The Balaban J connectivity index is 1.22. The molecule has 4 amide bonds. The number of anilines is 3. The molecule has 0 bridgehead atoms. The summed E-state index contributed by atoms with van der Waals surface area (Å²) in [5, 5.41) is 6.63. The van der Waals surface area contributed by atoms with Crippen LogP contribution in [0.4, 0.5) is 26.7 Å². The number of hydrogen-bond acceptors (Lipinski definition) is 8. The van der Waals surface area contributed by atoms with E-state index in [1.54, 1.807) is 35.5 Å². The molecule has 1 saturated heterocycles. The predicted molar refractivity (Wildman–Crippen MR) is 160 cm³/mol. The van der Waals surface area contributed by atoms with Gasteiger partial charge in [-0.15, -0.1) is 11.3 Å². The Labute approximate surface area is 246 Å². The van der Waals surface area contributed by atoms with Crippen LogP contribution in [0.15, 0.2) is 60.9 Å². The Morgan fingerprint density at radius 1 is 1.10 bits per heavy atom. The quantitative estimate of drug-likeness (QED) is 0.281. The molecule has 2 N–H and O–H groups in total. The molecule has 1 aromatic carbocycles. The maximum absolute atomic E-state index is 13.5. The van der Waals surface area contributed by atoms with Gasteiger partial charge in [0.05, 0.1) is 28.6 Å². The first-order valence-electron chi connectivity index (χ1n) is 13.7. The summed E-state index contributed by atoms with van der Waals surface area (Å²) in [7, 11) is 0. The minimum Gasteiger partial charge on any atom is -0.444 e.